The maximum absolute atomic E-state index is 6.32. The topological polar surface area (TPSA) is 51.5 Å². The minimum absolute atomic E-state index is 0.266. The lowest BCUT2D eigenvalue weighted by molar-refractivity contribution is 0.149. The average Bonchev–Trinajstić information content (AvgIpc) is 3.19. The lowest BCUT2D eigenvalue weighted by Crippen LogP contribution is -2.20. The highest BCUT2D eigenvalue weighted by atomic mass is 32.2. The van der Waals surface area contributed by atoms with Gasteiger partial charge in [-0.25, -0.2) is 0 Å². The predicted molar refractivity (Wildman–Crippen MR) is 121 cm³/mol. The number of hydrogen-bond donors (Lipinski definition) is 1. The fraction of sp³-hybridized carbons (Fsp3) is 0.478. The molecule has 2 aromatic heterocycles. The van der Waals surface area contributed by atoms with Gasteiger partial charge in [0.15, 0.2) is 5.65 Å². The number of thioether (sulfide) groups is 1. The molecule has 0 spiro atoms. The molecule has 1 atom stereocenters. The number of anilines is 2. The number of nitrogens with one attached hydrogen (secondary N) is 1. The SMILES string of the molecule is CCC(C)c1cnn2c(Nc3ccc(SC)cc3)cc(OC3CCCCC3)nc12. The molecule has 1 N–H and O–H groups in total. The van der Waals surface area contributed by atoms with E-state index in [4.69, 9.17) is 9.72 Å². The molecule has 1 unspecified atom stereocenters. The van der Waals surface area contributed by atoms with Crippen LogP contribution in [-0.2, 0) is 0 Å². The first kappa shape index (κ1) is 20.1. The third-order valence-corrected chi connectivity index (χ3v) is 6.56. The Morgan fingerprint density at radius 2 is 1.97 bits per heavy atom. The van der Waals surface area contributed by atoms with Gasteiger partial charge in [0.2, 0.25) is 5.88 Å². The van der Waals surface area contributed by atoms with Gasteiger partial charge in [-0.3, -0.25) is 0 Å². The predicted octanol–water partition coefficient (Wildman–Crippen LogP) is 6.42. The Hall–Kier alpha value is -2.21. The second-order valence-electron chi connectivity index (χ2n) is 7.86. The summed E-state index contributed by atoms with van der Waals surface area (Å²) in [5.74, 6) is 1.98. The molecule has 1 aromatic carbocycles. The molecule has 3 aromatic rings. The minimum atomic E-state index is 0.266. The molecule has 1 aliphatic carbocycles. The maximum atomic E-state index is 6.32. The number of ether oxygens (including phenoxy) is 1. The van der Waals surface area contributed by atoms with Gasteiger partial charge in [-0.2, -0.15) is 14.6 Å². The summed E-state index contributed by atoms with van der Waals surface area (Å²) in [4.78, 5) is 6.11. The van der Waals surface area contributed by atoms with Crippen molar-refractivity contribution in [1.82, 2.24) is 14.6 Å². The van der Waals surface area contributed by atoms with E-state index in [1.807, 2.05) is 16.8 Å². The molecule has 4 rings (SSSR count). The Bertz CT molecular complexity index is 947. The van der Waals surface area contributed by atoms with Gasteiger partial charge in [0, 0.05) is 22.2 Å². The summed E-state index contributed by atoms with van der Waals surface area (Å²) in [6, 6.07) is 10.4. The fourth-order valence-electron chi connectivity index (χ4n) is 3.85. The van der Waals surface area contributed by atoms with Gasteiger partial charge in [0.1, 0.15) is 11.9 Å². The Balaban J connectivity index is 1.70. The Morgan fingerprint density at radius 1 is 1.21 bits per heavy atom. The van der Waals surface area contributed by atoms with Crippen LogP contribution in [0.2, 0.25) is 0 Å². The monoisotopic (exact) mass is 410 g/mol. The highest BCUT2D eigenvalue weighted by molar-refractivity contribution is 7.98. The summed E-state index contributed by atoms with van der Waals surface area (Å²) in [5, 5.41) is 8.15. The molecule has 0 saturated heterocycles. The summed E-state index contributed by atoms with van der Waals surface area (Å²) >= 11 is 1.74. The van der Waals surface area contributed by atoms with Crippen molar-refractivity contribution in [3.8, 4) is 5.88 Å². The lowest BCUT2D eigenvalue weighted by atomic mass is 9.98. The second kappa shape index (κ2) is 9.08. The normalized spacial score (nSPS) is 16.1. The number of aromatic nitrogens is 3. The van der Waals surface area contributed by atoms with Crippen LogP contribution in [0.1, 0.15) is 63.9 Å². The van der Waals surface area contributed by atoms with E-state index in [0.717, 1.165) is 36.4 Å². The first-order valence-electron chi connectivity index (χ1n) is 10.6. The zero-order valence-corrected chi connectivity index (χ0v) is 18.3. The van der Waals surface area contributed by atoms with Crippen molar-refractivity contribution in [3.63, 3.8) is 0 Å². The number of hydrogen-bond acceptors (Lipinski definition) is 5. The third-order valence-electron chi connectivity index (χ3n) is 5.82. The van der Waals surface area contributed by atoms with Gasteiger partial charge >= 0.3 is 0 Å². The van der Waals surface area contributed by atoms with Crippen LogP contribution in [0.15, 0.2) is 41.4 Å². The zero-order valence-electron chi connectivity index (χ0n) is 17.5. The largest absolute Gasteiger partial charge is 0.474 e. The zero-order chi connectivity index (χ0) is 20.2. The molecule has 1 saturated carbocycles. The van der Waals surface area contributed by atoms with Crippen LogP contribution in [0, 0.1) is 0 Å². The molecule has 0 bridgehead atoms. The highest BCUT2D eigenvalue weighted by Gasteiger charge is 2.19. The Labute approximate surface area is 177 Å². The second-order valence-corrected chi connectivity index (χ2v) is 8.74. The van der Waals surface area contributed by atoms with Crippen LogP contribution in [0.25, 0.3) is 5.65 Å². The average molecular weight is 411 g/mol. The molecule has 0 radical (unpaired) electrons. The molecule has 6 heteroatoms. The summed E-state index contributed by atoms with van der Waals surface area (Å²) in [6.07, 6.45) is 11.4. The van der Waals surface area contributed by atoms with E-state index in [9.17, 15) is 0 Å². The first-order valence-corrected chi connectivity index (χ1v) is 11.9. The van der Waals surface area contributed by atoms with Gasteiger partial charge in [-0.1, -0.05) is 20.3 Å². The maximum Gasteiger partial charge on any atom is 0.219 e. The minimum Gasteiger partial charge on any atom is -0.474 e. The molecule has 29 heavy (non-hydrogen) atoms. The number of rotatable bonds is 7. The standard InChI is InChI=1S/C23H30N4OS/c1-4-16(2)20-15-24-27-21(25-17-10-12-19(29-3)13-11-17)14-22(26-23(20)27)28-18-8-6-5-7-9-18/h10-16,18,25H,4-9H2,1-3H3. The van der Waals surface area contributed by atoms with Crippen molar-refractivity contribution in [3.05, 3.63) is 42.1 Å². The van der Waals surface area contributed by atoms with Gasteiger partial charge in [-0.05, 0) is 68.5 Å². The van der Waals surface area contributed by atoms with E-state index in [2.05, 4.69) is 54.8 Å². The van der Waals surface area contributed by atoms with Crippen LogP contribution >= 0.6 is 11.8 Å². The molecule has 1 fully saturated rings. The van der Waals surface area contributed by atoms with E-state index in [1.54, 1.807) is 11.8 Å². The number of nitrogens with zero attached hydrogens (tertiary/aromatic N) is 3. The highest BCUT2D eigenvalue weighted by Crippen LogP contribution is 2.30. The van der Waals surface area contributed by atoms with Crippen LogP contribution in [0.3, 0.4) is 0 Å². The van der Waals surface area contributed by atoms with Crippen molar-refractivity contribution < 1.29 is 4.74 Å². The van der Waals surface area contributed by atoms with Crippen molar-refractivity contribution in [2.75, 3.05) is 11.6 Å². The van der Waals surface area contributed by atoms with E-state index in [0.29, 0.717) is 11.8 Å². The van der Waals surface area contributed by atoms with Crippen LogP contribution in [0.5, 0.6) is 5.88 Å². The summed E-state index contributed by atoms with van der Waals surface area (Å²) in [6.45, 7) is 4.42. The number of fused-ring (bicyclic) bond motifs is 1. The molecular weight excluding hydrogens is 380 g/mol. The van der Waals surface area contributed by atoms with Crippen molar-refractivity contribution in [2.45, 2.75) is 69.3 Å². The fourth-order valence-corrected chi connectivity index (χ4v) is 4.26. The van der Waals surface area contributed by atoms with Crippen molar-refractivity contribution in [2.24, 2.45) is 0 Å². The smallest absolute Gasteiger partial charge is 0.219 e. The van der Waals surface area contributed by atoms with E-state index < -0.39 is 0 Å². The van der Waals surface area contributed by atoms with Crippen LogP contribution < -0.4 is 10.1 Å². The Kier molecular flexibility index (Phi) is 6.28. The van der Waals surface area contributed by atoms with Gasteiger partial charge in [-0.15, -0.1) is 11.8 Å². The quantitative estimate of drug-likeness (QED) is 0.455. The summed E-state index contributed by atoms with van der Waals surface area (Å²) in [5.41, 5.74) is 3.08. The van der Waals surface area contributed by atoms with Crippen molar-refractivity contribution >= 4 is 28.9 Å². The van der Waals surface area contributed by atoms with E-state index >= 15 is 0 Å². The van der Waals surface area contributed by atoms with Gasteiger partial charge in [0.05, 0.1) is 6.20 Å². The van der Waals surface area contributed by atoms with E-state index in [1.165, 1.54) is 29.7 Å². The molecule has 0 amide bonds. The first-order chi connectivity index (χ1) is 14.2. The summed E-state index contributed by atoms with van der Waals surface area (Å²) < 4.78 is 8.22. The molecule has 2 heterocycles. The molecule has 154 valence electrons. The van der Waals surface area contributed by atoms with E-state index in [-0.39, 0.29) is 6.10 Å². The van der Waals surface area contributed by atoms with Crippen LogP contribution in [0.4, 0.5) is 11.5 Å². The van der Waals surface area contributed by atoms with Crippen LogP contribution in [-0.4, -0.2) is 27.0 Å². The molecular formula is C23H30N4OS. The van der Waals surface area contributed by atoms with Gasteiger partial charge in [0.25, 0.3) is 0 Å². The molecule has 0 aliphatic heterocycles. The molecule has 5 nitrogen and oxygen atoms in total. The Morgan fingerprint density at radius 3 is 2.66 bits per heavy atom. The van der Waals surface area contributed by atoms with Crippen molar-refractivity contribution in [1.29, 1.82) is 0 Å². The summed E-state index contributed by atoms with van der Waals surface area (Å²) in [7, 11) is 0. The third kappa shape index (κ3) is 4.53. The van der Waals surface area contributed by atoms with Gasteiger partial charge < -0.3 is 10.1 Å². The number of benzene rings is 1. The molecule has 1 aliphatic rings. The lowest BCUT2D eigenvalue weighted by Gasteiger charge is -2.23.